The molecule has 3 nitrogen and oxygen atoms in total. The lowest BCUT2D eigenvalue weighted by Crippen LogP contribution is -2.46. The van der Waals surface area contributed by atoms with Crippen LogP contribution in [0.25, 0.3) is 0 Å². The highest BCUT2D eigenvalue weighted by Gasteiger charge is 2.31. The first kappa shape index (κ1) is 15.6. The molecule has 1 saturated heterocycles. The first-order valence-corrected chi connectivity index (χ1v) is 7.53. The highest BCUT2D eigenvalue weighted by atomic mass is 19.4. The molecule has 0 atom stereocenters. The van der Waals surface area contributed by atoms with Crippen molar-refractivity contribution >= 4 is 11.4 Å². The Bertz CT molecular complexity index is 677. The Balaban J connectivity index is 1.71. The molecule has 1 aromatic carbocycles. The molecule has 2 aromatic rings. The van der Waals surface area contributed by atoms with Crippen molar-refractivity contribution in [2.75, 3.05) is 36.0 Å². The summed E-state index contributed by atoms with van der Waals surface area (Å²) in [5.41, 5.74) is 2.29. The maximum absolute atomic E-state index is 12.8. The van der Waals surface area contributed by atoms with Crippen LogP contribution < -0.4 is 9.80 Å². The van der Waals surface area contributed by atoms with Gasteiger partial charge in [-0.1, -0.05) is 6.07 Å². The molecular formula is C17H18F3N3. The minimum absolute atomic E-state index is 0.595. The van der Waals surface area contributed by atoms with Crippen molar-refractivity contribution in [1.82, 2.24) is 4.98 Å². The molecule has 0 N–H and O–H groups in total. The van der Waals surface area contributed by atoms with E-state index in [1.165, 1.54) is 12.1 Å². The summed E-state index contributed by atoms with van der Waals surface area (Å²) >= 11 is 0. The van der Waals surface area contributed by atoms with Gasteiger partial charge in [0.1, 0.15) is 0 Å². The van der Waals surface area contributed by atoms with E-state index in [0.717, 1.165) is 30.4 Å². The topological polar surface area (TPSA) is 19.4 Å². The van der Waals surface area contributed by atoms with Crippen molar-refractivity contribution in [3.63, 3.8) is 0 Å². The zero-order chi connectivity index (χ0) is 16.4. The third-order valence-corrected chi connectivity index (χ3v) is 4.15. The van der Waals surface area contributed by atoms with Gasteiger partial charge in [-0.2, -0.15) is 13.2 Å². The Morgan fingerprint density at radius 2 is 1.70 bits per heavy atom. The van der Waals surface area contributed by atoms with Crippen molar-refractivity contribution in [3.8, 4) is 0 Å². The summed E-state index contributed by atoms with van der Waals surface area (Å²) in [6.45, 7) is 4.97. The smallest absolute Gasteiger partial charge is 0.368 e. The fourth-order valence-corrected chi connectivity index (χ4v) is 2.91. The summed E-state index contributed by atoms with van der Waals surface area (Å²) in [6, 6.07) is 7.53. The van der Waals surface area contributed by atoms with Gasteiger partial charge in [-0.25, -0.2) is 0 Å². The lowest BCUT2D eigenvalue weighted by atomic mass is 10.1. The summed E-state index contributed by atoms with van der Waals surface area (Å²) in [5.74, 6) is 0. The number of halogens is 3. The van der Waals surface area contributed by atoms with E-state index in [2.05, 4.69) is 9.88 Å². The predicted octanol–water partition coefficient (Wildman–Crippen LogP) is 3.74. The van der Waals surface area contributed by atoms with Gasteiger partial charge < -0.3 is 9.80 Å². The molecule has 23 heavy (non-hydrogen) atoms. The van der Waals surface area contributed by atoms with Gasteiger partial charge in [-0.05, 0) is 36.8 Å². The Morgan fingerprint density at radius 3 is 2.35 bits per heavy atom. The summed E-state index contributed by atoms with van der Waals surface area (Å²) in [4.78, 5) is 8.34. The van der Waals surface area contributed by atoms with Crippen LogP contribution in [-0.4, -0.2) is 31.2 Å². The lowest BCUT2D eigenvalue weighted by molar-refractivity contribution is -0.137. The third-order valence-electron chi connectivity index (χ3n) is 4.15. The Labute approximate surface area is 133 Å². The van der Waals surface area contributed by atoms with Gasteiger partial charge in [0.05, 0.1) is 5.56 Å². The van der Waals surface area contributed by atoms with E-state index < -0.39 is 11.7 Å². The van der Waals surface area contributed by atoms with E-state index in [1.807, 2.05) is 24.1 Å². The van der Waals surface area contributed by atoms with Crippen LogP contribution in [0.2, 0.25) is 0 Å². The van der Waals surface area contributed by atoms with E-state index in [1.54, 1.807) is 12.3 Å². The molecular weight excluding hydrogens is 303 g/mol. The second kappa shape index (κ2) is 6.10. The molecule has 0 saturated carbocycles. The van der Waals surface area contributed by atoms with Crippen molar-refractivity contribution in [2.45, 2.75) is 13.1 Å². The quantitative estimate of drug-likeness (QED) is 0.840. The number of rotatable bonds is 2. The van der Waals surface area contributed by atoms with Crippen LogP contribution in [0.4, 0.5) is 24.5 Å². The normalized spacial score (nSPS) is 15.8. The molecule has 1 fully saturated rings. The molecule has 122 valence electrons. The number of nitrogens with zero attached hydrogens (tertiary/aromatic N) is 3. The minimum atomic E-state index is -4.30. The number of hydrogen-bond acceptors (Lipinski definition) is 3. The molecule has 0 amide bonds. The van der Waals surface area contributed by atoms with Gasteiger partial charge >= 0.3 is 6.18 Å². The van der Waals surface area contributed by atoms with Crippen molar-refractivity contribution in [3.05, 3.63) is 53.9 Å². The number of alkyl halides is 3. The molecule has 1 aliphatic rings. The zero-order valence-corrected chi connectivity index (χ0v) is 12.8. The minimum Gasteiger partial charge on any atom is -0.368 e. The van der Waals surface area contributed by atoms with E-state index in [-0.39, 0.29) is 0 Å². The molecule has 0 spiro atoms. The first-order valence-electron chi connectivity index (χ1n) is 7.53. The number of piperazine rings is 1. The second-order valence-electron chi connectivity index (χ2n) is 5.68. The number of pyridine rings is 1. The van der Waals surface area contributed by atoms with Gasteiger partial charge in [0, 0.05) is 49.9 Å². The van der Waals surface area contributed by atoms with Crippen molar-refractivity contribution in [1.29, 1.82) is 0 Å². The summed E-state index contributed by atoms with van der Waals surface area (Å²) in [5, 5.41) is 0. The second-order valence-corrected chi connectivity index (χ2v) is 5.68. The summed E-state index contributed by atoms with van der Waals surface area (Å²) in [7, 11) is 0. The van der Waals surface area contributed by atoms with Gasteiger partial charge in [-0.3, -0.25) is 4.98 Å². The molecule has 0 radical (unpaired) electrons. The molecule has 2 heterocycles. The zero-order valence-electron chi connectivity index (χ0n) is 12.8. The van der Waals surface area contributed by atoms with Crippen LogP contribution in [0.3, 0.4) is 0 Å². The van der Waals surface area contributed by atoms with Crippen molar-refractivity contribution < 1.29 is 13.2 Å². The van der Waals surface area contributed by atoms with Crippen LogP contribution in [0, 0.1) is 6.92 Å². The largest absolute Gasteiger partial charge is 0.416 e. The number of hydrogen-bond donors (Lipinski definition) is 0. The van der Waals surface area contributed by atoms with Crippen LogP contribution in [0.1, 0.15) is 11.1 Å². The van der Waals surface area contributed by atoms with Gasteiger partial charge in [0.25, 0.3) is 0 Å². The summed E-state index contributed by atoms with van der Waals surface area (Å²) in [6.07, 6.45) is -0.706. The molecule has 1 aliphatic heterocycles. The first-order chi connectivity index (χ1) is 10.9. The number of aromatic nitrogens is 1. The monoisotopic (exact) mass is 321 g/mol. The Morgan fingerprint density at radius 1 is 1.00 bits per heavy atom. The van der Waals surface area contributed by atoms with Gasteiger partial charge in [0.15, 0.2) is 0 Å². The highest BCUT2D eigenvalue weighted by molar-refractivity contribution is 5.55. The number of aryl methyl sites for hydroxylation is 1. The molecule has 0 bridgehead atoms. The third kappa shape index (κ3) is 3.41. The predicted molar refractivity (Wildman–Crippen MR) is 84.8 cm³/mol. The Kier molecular flexibility index (Phi) is 4.15. The average Bonchev–Trinajstić information content (AvgIpc) is 2.55. The van der Waals surface area contributed by atoms with Crippen LogP contribution in [0.5, 0.6) is 0 Å². The standard InChI is InChI=1S/C17H18F3N3/c1-13-12-21-6-5-16(13)23-9-7-22(8-10-23)15-4-2-3-14(11-15)17(18,19)20/h2-6,11-12H,7-10H2,1H3. The molecule has 0 unspecified atom stereocenters. The SMILES string of the molecule is Cc1cnccc1N1CCN(c2cccc(C(F)(F)F)c2)CC1. The Hall–Kier alpha value is -2.24. The van der Waals surface area contributed by atoms with E-state index in [9.17, 15) is 13.2 Å². The van der Waals surface area contributed by atoms with Gasteiger partial charge in [-0.15, -0.1) is 0 Å². The molecule has 1 aromatic heterocycles. The molecule has 0 aliphatic carbocycles. The summed E-state index contributed by atoms with van der Waals surface area (Å²) < 4.78 is 38.5. The van der Waals surface area contributed by atoms with Crippen LogP contribution in [-0.2, 0) is 6.18 Å². The maximum atomic E-state index is 12.8. The maximum Gasteiger partial charge on any atom is 0.416 e. The van der Waals surface area contributed by atoms with E-state index in [4.69, 9.17) is 0 Å². The molecule has 6 heteroatoms. The average molecular weight is 321 g/mol. The number of anilines is 2. The van der Waals surface area contributed by atoms with E-state index in [0.29, 0.717) is 18.8 Å². The van der Waals surface area contributed by atoms with Crippen LogP contribution in [0.15, 0.2) is 42.7 Å². The van der Waals surface area contributed by atoms with Crippen LogP contribution >= 0.6 is 0 Å². The van der Waals surface area contributed by atoms with E-state index >= 15 is 0 Å². The fourth-order valence-electron chi connectivity index (χ4n) is 2.91. The molecule has 3 rings (SSSR count). The lowest BCUT2D eigenvalue weighted by Gasteiger charge is -2.38. The fraction of sp³-hybridized carbons (Fsp3) is 0.353. The highest BCUT2D eigenvalue weighted by Crippen LogP contribution is 2.32. The van der Waals surface area contributed by atoms with Gasteiger partial charge in [0.2, 0.25) is 0 Å². The number of benzene rings is 1. The van der Waals surface area contributed by atoms with Crippen molar-refractivity contribution in [2.24, 2.45) is 0 Å².